The summed E-state index contributed by atoms with van der Waals surface area (Å²) in [6.07, 6.45) is 2.86. The number of pyridine rings is 1. The summed E-state index contributed by atoms with van der Waals surface area (Å²) >= 11 is 0. The average Bonchev–Trinajstić information content (AvgIpc) is 2.71. The molecule has 3 aromatic rings. The van der Waals surface area contributed by atoms with Crippen molar-refractivity contribution in [3.63, 3.8) is 0 Å². The van der Waals surface area contributed by atoms with Gasteiger partial charge in [0.25, 0.3) is 5.69 Å². The first-order valence-electron chi connectivity index (χ1n) is 10.00. The Balaban J connectivity index is 1.86. The summed E-state index contributed by atoms with van der Waals surface area (Å²) in [5.41, 5.74) is 4.48. The summed E-state index contributed by atoms with van der Waals surface area (Å²) in [6.45, 7) is 4.16. The van der Waals surface area contributed by atoms with Crippen LogP contribution in [0.1, 0.15) is 43.7 Å². The molecule has 0 saturated carbocycles. The molecule has 0 radical (unpaired) electrons. The maximum absolute atomic E-state index is 13.4. The zero-order valence-corrected chi connectivity index (χ0v) is 16.8. The van der Waals surface area contributed by atoms with Gasteiger partial charge >= 0.3 is 0 Å². The number of carbonyl (C=O) groups is 1. The number of fused-ring (bicyclic) bond motifs is 3. The zero-order chi connectivity index (χ0) is 21.0. The molecule has 1 atom stereocenters. The van der Waals surface area contributed by atoms with Gasteiger partial charge in [0.05, 0.1) is 10.4 Å². The first-order chi connectivity index (χ1) is 14.4. The summed E-state index contributed by atoms with van der Waals surface area (Å²) in [5.74, 6) is -0.460. The van der Waals surface area contributed by atoms with Crippen molar-refractivity contribution >= 4 is 28.1 Å². The van der Waals surface area contributed by atoms with Gasteiger partial charge in [0, 0.05) is 52.5 Å². The Bertz CT molecular complexity index is 1260. The lowest BCUT2D eigenvalue weighted by atomic mass is 9.68. The van der Waals surface area contributed by atoms with Crippen LogP contribution in [-0.4, -0.2) is 15.7 Å². The molecule has 6 nitrogen and oxygen atoms in total. The van der Waals surface area contributed by atoms with Gasteiger partial charge in [-0.05, 0) is 35.6 Å². The van der Waals surface area contributed by atoms with Crippen LogP contribution in [0.15, 0.2) is 66.0 Å². The topological polar surface area (TPSA) is 85.1 Å². The van der Waals surface area contributed by atoms with Gasteiger partial charge in [-0.2, -0.15) is 0 Å². The van der Waals surface area contributed by atoms with Gasteiger partial charge in [0.1, 0.15) is 0 Å². The molecule has 0 spiro atoms. The Morgan fingerprint density at radius 1 is 1.10 bits per heavy atom. The quantitative estimate of drug-likeness (QED) is 0.464. The van der Waals surface area contributed by atoms with Crippen molar-refractivity contribution in [3.8, 4) is 0 Å². The maximum atomic E-state index is 13.4. The molecule has 5 rings (SSSR count). The van der Waals surface area contributed by atoms with E-state index in [1.165, 1.54) is 6.07 Å². The van der Waals surface area contributed by atoms with Crippen molar-refractivity contribution in [1.29, 1.82) is 0 Å². The number of allylic oxidation sites excluding steroid dienone is 2. The highest BCUT2D eigenvalue weighted by atomic mass is 16.6. The van der Waals surface area contributed by atoms with Crippen molar-refractivity contribution in [2.75, 3.05) is 5.32 Å². The number of Topliss-reactive ketones (excluding diaryl/α,β-unsaturated/α-hetero) is 1. The van der Waals surface area contributed by atoms with Crippen molar-refractivity contribution in [2.45, 2.75) is 32.6 Å². The second-order valence-electron chi connectivity index (χ2n) is 8.80. The molecule has 150 valence electrons. The Kier molecular flexibility index (Phi) is 4.00. The van der Waals surface area contributed by atoms with Crippen LogP contribution >= 0.6 is 0 Å². The molecule has 1 aliphatic heterocycles. The second-order valence-corrected chi connectivity index (χ2v) is 8.80. The Labute approximate surface area is 173 Å². The highest BCUT2D eigenvalue weighted by molar-refractivity contribution is 6.04. The molecule has 2 aromatic carbocycles. The molecular formula is C24H21N3O3. The molecule has 1 N–H and O–H groups in total. The van der Waals surface area contributed by atoms with Gasteiger partial charge in [-0.1, -0.05) is 38.1 Å². The summed E-state index contributed by atoms with van der Waals surface area (Å²) in [7, 11) is 0. The normalized spacial score (nSPS) is 19.8. The molecule has 0 bridgehead atoms. The lowest BCUT2D eigenvalue weighted by Gasteiger charge is -2.39. The molecule has 30 heavy (non-hydrogen) atoms. The van der Waals surface area contributed by atoms with Crippen LogP contribution in [0.2, 0.25) is 0 Å². The van der Waals surface area contributed by atoms with E-state index in [1.807, 2.05) is 24.3 Å². The number of nitro benzene ring substituents is 1. The third-order valence-corrected chi connectivity index (χ3v) is 6.05. The highest BCUT2D eigenvalue weighted by Gasteiger charge is 2.42. The number of para-hydroxylation sites is 1. The Morgan fingerprint density at radius 3 is 2.70 bits per heavy atom. The SMILES string of the molecule is CC1(C)CC(=O)C2=C(C1)Nc1ccc3ncccc3c1[C@@H]2c1ccccc1[N+](=O)[O-]. The molecule has 0 unspecified atom stereocenters. The molecule has 0 fully saturated rings. The lowest BCUT2D eigenvalue weighted by Crippen LogP contribution is -2.34. The van der Waals surface area contributed by atoms with Crippen LogP contribution < -0.4 is 5.32 Å². The number of ketones is 1. The monoisotopic (exact) mass is 399 g/mol. The van der Waals surface area contributed by atoms with Gasteiger partial charge in [0.2, 0.25) is 0 Å². The maximum Gasteiger partial charge on any atom is 0.273 e. The van der Waals surface area contributed by atoms with Crippen LogP contribution in [0.25, 0.3) is 10.9 Å². The fraction of sp³-hybridized carbons (Fsp3) is 0.250. The summed E-state index contributed by atoms with van der Waals surface area (Å²) in [5, 5.41) is 16.2. The third-order valence-electron chi connectivity index (χ3n) is 6.05. The predicted molar refractivity (Wildman–Crippen MR) is 115 cm³/mol. The second kappa shape index (κ2) is 6.49. The molecule has 0 amide bonds. The van der Waals surface area contributed by atoms with Gasteiger partial charge in [-0.25, -0.2) is 0 Å². The summed E-state index contributed by atoms with van der Waals surface area (Å²) in [4.78, 5) is 29.3. The molecular weight excluding hydrogens is 378 g/mol. The van der Waals surface area contributed by atoms with E-state index in [0.29, 0.717) is 17.6 Å². The van der Waals surface area contributed by atoms with E-state index >= 15 is 0 Å². The Hall–Kier alpha value is -3.54. The average molecular weight is 399 g/mol. The fourth-order valence-electron chi connectivity index (χ4n) is 4.89. The van der Waals surface area contributed by atoms with Gasteiger partial charge in [0.15, 0.2) is 5.78 Å². The van der Waals surface area contributed by atoms with Gasteiger partial charge < -0.3 is 5.32 Å². The van der Waals surface area contributed by atoms with Crippen molar-refractivity contribution in [1.82, 2.24) is 4.98 Å². The van der Waals surface area contributed by atoms with E-state index in [-0.39, 0.29) is 21.8 Å². The molecule has 2 aliphatic rings. The lowest BCUT2D eigenvalue weighted by molar-refractivity contribution is -0.385. The van der Waals surface area contributed by atoms with Crippen molar-refractivity contribution < 1.29 is 9.72 Å². The number of rotatable bonds is 2. The molecule has 2 heterocycles. The number of carbonyl (C=O) groups excluding carboxylic acids is 1. The van der Waals surface area contributed by atoms with E-state index in [0.717, 1.165) is 34.3 Å². The molecule has 6 heteroatoms. The minimum absolute atomic E-state index is 0.0285. The van der Waals surface area contributed by atoms with Crippen LogP contribution in [0.4, 0.5) is 11.4 Å². The van der Waals surface area contributed by atoms with Crippen LogP contribution in [0.5, 0.6) is 0 Å². The van der Waals surface area contributed by atoms with E-state index in [1.54, 1.807) is 24.4 Å². The highest BCUT2D eigenvalue weighted by Crippen LogP contribution is 2.51. The number of aromatic nitrogens is 1. The number of hydrogen-bond acceptors (Lipinski definition) is 5. The van der Waals surface area contributed by atoms with E-state index in [2.05, 4.69) is 24.1 Å². The van der Waals surface area contributed by atoms with E-state index in [9.17, 15) is 14.9 Å². The number of hydrogen-bond donors (Lipinski definition) is 1. The van der Waals surface area contributed by atoms with Crippen LogP contribution in [-0.2, 0) is 4.79 Å². The van der Waals surface area contributed by atoms with Crippen LogP contribution in [0.3, 0.4) is 0 Å². The number of benzene rings is 2. The summed E-state index contributed by atoms with van der Waals surface area (Å²) < 4.78 is 0. The predicted octanol–water partition coefficient (Wildman–Crippen LogP) is 5.34. The molecule has 1 aliphatic carbocycles. The largest absolute Gasteiger partial charge is 0.358 e. The standard InChI is InChI=1S/C24H21N3O3/c1-24(2)12-18-23(20(28)13-24)22(15-6-3-4-8-19(15)27(29)30)21-14-7-5-11-25-16(14)9-10-17(21)26-18/h3-11,22,26H,12-13H2,1-2H3/t22-/m0/s1. The third kappa shape index (κ3) is 2.79. The molecule has 1 aromatic heterocycles. The number of nitrogens with one attached hydrogen (secondary N) is 1. The smallest absolute Gasteiger partial charge is 0.273 e. The van der Waals surface area contributed by atoms with Crippen molar-refractivity contribution in [3.05, 3.63) is 87.2 Å². The van der Waals surface area contributed by atoms with Gasteiger partial charge in [-0.15, -0.1) is 0 Å². The van der Waals surface area contributed by atoms with Crippen molar-refractivity contribution in [2.24, 2.45) is 5.41 Å². The molecule has 0 saturated heterocycles. The first-order valence-corrected chi connectivity index (χ1v) is 10.00. The van der Waals surface area contributed by atoms with E-state index < -0.39 is 5.92 Å². The van der Waals surface area contributed by atoms with Gasteiger partial charge in [-0.3, -0.25) is 19.9 Å². The first kappa shape index (κ1) is 18.5. The zero-order valence-electron chi connectivity index (χ0n) is 16.8. The number of anilines is 1. The fourth-order valence-corrected chi connectivity index (χ4v) is 4.89. The van der Waals surface area contributed by atoms with Crippen LogP contribution in [0, 0.1) is 15.5 Å². The Morgan fingerprint density at radius 2 is 1.90 bits per heavy atom. The minimum atomic E-state index is -0.505. The summed E-state index contributed by atoms with van der Waals surface area (Å²) in [6, 6.07) is 14.5. The minimum Gasteiger partial charge on any atom is -0.358 e. The number of nitro groups is 1. The van der Waals surface area contributed by atoms with E-state index in [4.69, 9.17) is 0 Å². The number of nitrogens with zero attached hydrogens (tertiary/aromatic N) is 2.